The maximum Gasteiger partial charge on any atom is 0.103 e. The van der Waals surface area contributed by atoms with Gasteiger partial charge in [-0.3, -0.25) is 0 Å². The summed E-state index contributed by atoms with van der Waals surface area (Å²) < 4.78 is 0. The molecule has 1 heterocycles. The molecule has 0 fully saturated rings. The van der Waals surface area contributed by atoms with Crippen LogP contribution in [-0.2, 0) is 0 Å². The van der Waals surface area contributed by atoms with Gasteiger partial charge in [-0.2, -0.15) is 0 Å². The third-order valence-electron chi connectivity index (χ3n) is 1.40. The second kappa shape index (κ2) is 3.04. The van der Waals surface area contributed by atoms with Gasteiger partial charge in [0.15, 0.2) is 0 Å². The Hall–Kier alpha value is -0.850. The number of terminal acetylenes is 1. The molecule has 0 saturated heterocycles. The molecular weight excluding hydrogens is 156 g/mol. The van der Waals surface area contributed by atoms with E-state index in [0.29, 0.717) is 0 Å². The quantitative estimate of drug-likeness (QED) is 0.640. The van der Waals surface area contributed by atoms with Crippen LogP contribution in [0, 0.1) is 26.2 Å². The molecule has 1 atom stereocenters. The minimum absolute atomic E-state index is 0.291. The van der Waals surface area contributed by atoms with Gasteiger partial charge in [0.2, 0.25) is 0 Å². The molecule has 0 radical (unpaired) electrons. The fourth-order valence-corrected chi connectivity index (χ4v) is 1.80. The van der Waals surface area contributed by atoms with Crippen molar-refractivity contribution in [3.63, 3.8) is 0 Å². The highest BCUT2D eigenvalue weighted by Gasteiger charge is 2.09. The van der Waals surface area contributed by atoms with Crippen LogP contribution in [0.5, 0.6) is 0 Å². The smallest absolute Gasteiger partial charge is 0.103 e. The van der Waals surface area contributed by atoms with E-state index in [-0.39, 0.29) is 6.04 Å². The zero-order valence-corrected chi connectivity index (χ0v) is 7.40. The maximum atomic E-state index is 5.64. The van der Waals surface area contributed by atoms with Crippen LogP contribution in [0.25, 0.3) is 0 Å². The highest BCUT2D eigenvalue weighted by Crippen LogP contribution is 2.22. The first kappa shape index (κ1) is 8.25. The van der Waals surface area contributed by atoms with E-state index in [0.717, 1.165) is 15.6 Å². The van der Waals surface area contributed by atoms with Gasteiger partial charge in [-0.15, -0.1) is 17.8 Å². The SMILES string of the molecule is C#CC(N)c1sc(C)nc1C. The zero-order valence-electron chi connectivity index (χ0n) is 6.59. The van der Waals surface area contributed by atoms with Crippen LogP contribution < -0.4 is 5.73 Å². The van der Waals surface area contributed by atoms with Crippen molar-refractivity contribution in [2.45, 2.75) is 19.9 Å². The molecule has 2 nitrogen and oxygen atoms in total. The summed E-state index contributed by atoms with van der Waals surface area (Å²) in [5.41, 5.74) is 6.60. The lowest BCUT2D eigenvalue weighted by Crippen LogP contribution is -2.06. The average molecular weight is 166 g/mol. The summed E-state index contributed by atoms with van der Waals surface area (Å²) in [4.78, 5) is 5.23. The number of hydrogen-bond acceptors (Lipinski definition) is 3. The van der Waals surface area contributed by atoms with Crippen LogP contribution in [0.3, 0.4) is 0 Å². The van der Waals surface area contributed by atoms with Gasteiger partial charge in [0.25, 0.3) is 0 Å². The van der Waals surface area contributed by atoms with Gasteiger partial charge < -0.3 is 5.73 Å². The van der Waals surface area contributed by atoms with Crippen LogP contribution in [0.2, 0.25) is 0 Å². The molecule has 0 spiro atoms. The Bertz CT molecular complexity index is 296. The van der Waals surface area contributed by atoms with Crippen molar-refractivity contribution in [2.75, 3.05) is 0 Å². The Labute approximate surface area is 70.5 Å². The molecule has 0 bridgehead atoms. The predicted octanol–water partition coefficient (Wildman–Crippen LogP) is 1.39. The van der Waals surface area contributed by atoms with E-state index in [4.69, 9.17) is 12.2 Å². The minimum atomic E-state index is -0.291. The molecule has 0 aliphatic heterocycles. The molecule has 0 amide bonds. The predicted molar refractivity (Wildman–Crippen MR) is 47.3 cm³/mol. The molecule has 0 aliphatic rings. The molecule has 1 rings (SSSR count). The molecular formula is C8H10N2S. The third kappa shape index (κ3) is 1.59. The number of hydrogen-bond donors (Lipinski definition) is 1. The van der Waals surface area contributed by atoms with Gasteiger partial charge in [-0.1, -0.05) is 5.92 Å². The first-order chi connectivity index (χ1) is 5.15. The molecule has 3 heteroatoms. The monoisotopic (exact) mass is 166 g/mol. The van der Waals surface area contributed by atoms with Gasteiger partial charge >= 0.3 is 0 Å². The average Bonchev–Trinajstić information content (AvgIpc) is 2.28. The van der Waals surface area contributed by atoms with E-state index in [1.165, 1.54) is 0 Å². The van der Waals surface area contributed by atoms with E-state index >= 15 is 0 Å². The summed E-state index contributed by atoms with van der Waals surface area (Å²) in [6, 6.07) is -0.291. The topological polar surface area (TPSA) is 38.9 Å². The van der Waals surface area contributed by atoms with Crippen molar-refractivity contribution >= 4 is 11.3 Å². The molecule has 11 heavy (non-hydrogen) atoms. The summed E-state index contributed by atoms with van der Waals surface area (Å²) in [5, 5.41) is 1.02. The summed E-state index contributed by atoms with van der Waals surface area (Å²) >= 11 is 1.57. The van der Waals surface area contributed by atoms with Crippen molar-refractivity contribution in [2.24, 2.45) is 5.73 Å². The third-order valence-corrected chi connectivity index (χ3v) is 2.56. The molecule has 0 aliphatic carbocycles. The fraction of sp³-hybridized carbons (Fsp3) is 0.375. The highest BCUT2D eigenvalue weighted by atomic mass is 32.1. The van der Waals surface area contributed by atoms with Gasteiger partial charge in [0.05, 0.1) is 15.6 Å². The summed E-state index contributed by atoms with van der Waals surface area (Å²) in [5.74, 6) is 2.48. The van der Waals surface area contributed by atoms with E-state index in [9.17, 15) is 0 Å². The molecule has 1 aromatic rings. The Morgan fingerprint density at radius 2 is 2.27 bits per heavy atom. The normalized spacial score (nSPS) is 12.5. The van der Waals surface area contributed by atoms with Gasteiger partial charge in [0, 0.05) is 0 Å². The van der Waals surface area contributed by atoms with Crippen LogP contribution in [-0.4, -0.2) is 4.98 Å². The second-order valence-electron chi connectivity index (χ2n) is 2.33. The minimum Gasteiger partial charge on any atom is -0.313 e. The number of rotatable bonds is 1. The largest absolute Gasteiger partial charge is 0.313 e. The van der Waals surface area contributed by atoms with Crippen LogP contribution in [0.1, 0.15) is 21.6 Å². The summed E-state index contributed by atoms with van der Waals surface area (Å²) in [6.45, 7) is 3.88. The van der Waals surface area contributed by atoms with E-state index in [1.54, 1.807) is 11.3 Å². The Morgan fingerprint density at radius 3 is 2.64 bits per heavy atom. The summed E-state index contributed by atoms with van der Waals surface area (Å²) in [6.07, 6.45) is 5.19. The standard InChI is InChI=1S/C8H10N2S/c1-4-7(9)8-5(2)10-6(3)11-8/h1,7H,9H2,2-3H3. The van der Waals surface area contributed by atoms with Gasteiger partial charge in [-0.05, 0) is 13.8 Å². The number of nitrogens with zero attached hydrogens (tertiary/aromatic N) is 1. The van der Waals surface area contributed by atoms with Crippen molar-refractivity contribution in [3.8, 4) is 12.3 Å². The highest BCUT2D eigenvalue weighted by molar-refractivity contribution is 7.11. The first-order valence-electron chi connectivity index (χ1n) is 3.30. The Kier molecular flexibility index (Phi) is 2.28. The molecule has 0 saturated carbocycles. The lowest BCUT2D eigenvalue weighted by Gasteiger charge is -1.99. The zero-order chi connectivity index (χ0) is 8.43. The molecule has 2 N–H and O–H groups in total. The molecule has 1 unspecified atom stereocenters. The van der Waals surface area contributed by atoms with E-state index < -0.39 is 0 Å². The van der Waals surface area contributed by atoms with Crippen molar-refractivity contribution in [1.82, 2.24) is 4.98 Å². The van der Waals surface area contributed by atoms with Crippen LogP contribution in [0.15, 0.2) is 0 Å². The Balaban J connectivity index is 3.05. The van der Waals surface area contributed by atoms with Crippen molar-refractivity contribution in [3.05, 3.63) is 15.6 Å². The van der Waals surface area contributed by atoms with E-state index in [1.807, 2.05) is 13.8 Å². The fourth-order valence-electron chi connectivity index (χ4n) is 0.911. The number of aryl methyl sites for hydroxylation is 2. The van der Waals surface area contributed by atoms with Gasteiger partial charge in [-0.25, -0.2) is 4.98 Å². The number of aromatic nitrogens is 1. The van der Waals surface area contributed by atoms with Crippen LogP contribution in [0.4, 0.5) is 0 Å². The molecule has 1 aromatic heterocycles. The lowest BCUT2D eigenvalue weighted by atomic mass is 10.2. The lowest BCUT2D eigenvalue weighted by molar-refractivity contribution is 0.948. The maximum absolute atomic E-state index is 5.64. The number of thiazole rings is 1. The number of nitrogens with two attached hydrogens (primary N) is 1. The second-order valence-corrected chi connectivity index (χ2v) is 3.56. The molecule has 0 aromatic carbocycles. The first-order valence-corrected chi connectivity index (χ1v) is 4.12. The van der Waals surface area contributed by atoms with Crippen molar-refractivity contribution < 1.29 is 0 Å². The summed E-state index contributed by atoms with van der Waals surface area (Å²) in [7, 11) is 0. The van der Waals surface area contributed by atoms with Gasteiger partial charge in [0.1, 0.15) is 6.04 Å². The van der Waals surface area contributed by atoms with E-state index in [2.05, 4.69) is 10.9 Å². The Morgan fingerprint density at radius 1 is 1.64 bits per heavy atom. The van der Waals surface area contributed by atoms with Crippen molar-refractivity contribution in [1.29, 1.82) is 0 Å². The van der Waals surface area contributed by atoms with Crippen LogP contribution >= 0.6 is 11.3 Å². The molecule has 58 valence electrons.